The molecule has 4 heteroatoms. The first-order valence-electron chi connectivity index (χ1n) is 8.09. The number of benzene rings is 1. The van der Waals surface area contributed by atoms with Crippen LogP contribution in [0.2, 0.25) is 0 Å². The third-order valence-corrected chi connectivity index (χ3v) is 4.60. The summed E-state index contributed by atoms with van der Waals surface area (Å²) in [4.78, 5) is 14.5. The van der Waals surface area contributed by atoms with Crippen LogP contribution < -0.4 is 0 Å². The van der Waals surface area contributed by atoms with Gasteiger partial charge in [0.15, 0.2) is 0 Å². The quantitative estimate of drug-likeness (QED) is 0.873. The zero-order chi connectivity index (χ0) is 15.1. The fourth-order valence-corrected chi connectivity index (χ4v) is 3.19. The Bertz CT molecular complexity index is 715. The van der Waals surface area contributed by atoms with Crippen molar-refractivity contribution in [3.05, 3.63) is 52.8 Å². The maximum absolute atomic E-state index is 12.5. The maximum Gasteiger partial charge on any atom is 0.227 e. The molecule has 0 spiro atoms. The predicted octanol–water partition coefficient (Wildman–Crippen LogP) is 2.65. The van der Waals surface area contributed by atoms with Crippen molar-refractivity contribution in [2.45, 2.75) is 45.2 Å². The molecule has 0 bridgehead atoms. The van der Waals surface area contributed by atoms with E-state index in [1.54, 1.807) is 0 Å². The van der Waals surface area contributed by atoms with E-state index in [1.807, 2.05) is 17.0 Å². The average Bonchev–Trinajstić information content (AvgIpc) is 3.26. The fourth-order valence-electron chi connectivity index (χ4n) is 3.19. The minimum absolute atomic E-state index is 0.214. The molecule has 1 aliphatic carbocycles. The highest BCUT2D eigenvalue weighted by atomic mass is 16.2. The lowest BCUT2D eigenvalue weighted by atomic mass is 10.1. The number of carbonyl (C=O) groups excluding carboxylic acids is 1. The Labute approximate surface area is 130 Å². The second kappa shape index (κ2) is 5.27. The number of rotatable bonds is 3. The SMILES string of the molecule is Cc1cccc(CC(=O)N2CCn3nc(C4CC4)cc3C2)c1. The number of aryl methyl sites for hydroxylation is 1. The molecule has 114 valence electrons. The first-order chi connectivity index (χ1) is 10.7. The van der Waals surface area contributed by atoms with Crippen molar-refractivity contribution in [3.8, 4) is 0 Å². The van der Waals surface area contributed by atoms with E-state index >= 15 is 0 Å². The van der Waals surface area contributed by atoms with Crippen LogP contribution in [-0.2, 0) is 24.3 Å². The summed E-state index contributed by atoms with van der Waals surface area (Å²) >= 11 is 0. The first-order valence-corrected chi connectivity index (χ1v) is 8.09. The molecule has 2 aliphatic rings. The second-order valence-corrected chi connectivity index (χ2v) is 6.54. The van der Waals surface area contributed by atoms with E-state index < -0.39 is 0 Å². The molecule has 2 aromatic rings. The van der Waals surface area contributed by atoms with E-state index in [1.165, 1.54) is 29.8 Å². The summed E-state index contributed by atoms with van der Waals surface area (Å²) in [5.74, 6) is 0.889. The third-order valence-electron chi connectivity index (χ3n) is 4.60. The normalized spacial score (nSPS) is 17.4. The minimum Gasteiger partial charge on any atom is -0.335 e. The molecule has 1 saturated carbocycles. The van der Waals surface area contributed by atoms with Gasteiger partial charge in [-0.05, 0) is 31.4 Å². The van der Waals surface area contributed by atoms with Crippen LogP contribution in [0.15, 0.2) is 30.3 Å². The van der Waals surface area contributed by atoms with Crippen LogP contribution >= 0.6 is 0 Å². The first kappa shape index (κ1) is 13.6. The van der Waals surface area contributed by atoms with Crippen LogP contribution in [0.3, 0.4) is 0 Å². The summed E-state index contributed by atoms with van der Waals surface area (Å²) < 4.78 is 2.09. The molecule has 2 heterocycles. The molecule has 22 heavy (non-hydrogen) atoms. The Morgan fingerprint density at radius 1 is 1.27 bits per heavy atom. The molecular weight excluding hydrogens is 274 g/mol. The zero-order valence-corrected chi connectivity index (χ0v) is 13.0. The van der Waals surface area contributed by atoms with Gasteiger partial charge in [-0.2, -0.15) is 5.10 Å². The molecule has 4 nitrogen and oxygen atoms in total. The Morgan fingerprint density at radius 3 is 2.91 bits per heavy atom. The van der Waals surface area contributed by atoms with E-state index in [4.69, 9.17) is 0 Å². The summed E-state index contributed by atoms with van der Waals surface area (Å²) in [6.45, 7) is 4.35. The van der Waals surface area contributed by atoms with Gasteiger partial charge >= 0.3 is 0 Å². The monoisotopic (exact) mass is 295 g/mol. The van der Waals surface area contributed by atoms with Gasteiger partial charge in [-0.1, -0.05) is 29.8 Å². The number of fused-ring (bicyclic) bond motifs is 1. The summed E-state index contributed by atoms with van der Waals surface area (Å²) in [7, 11) is 0. The van der Waals surface area contributed by atoms with Gasteiger partial charge in [0.1, 0.15) is 0 Å². The van der Waals surface area contributed by atoms with Crippen LogP contribution in [0.1, 0.15) is 41.3 Å². The number of amides is 1. The Kier molecular flexibility index (Phi) is 3.25. The van der Waals surface area contributed by atoms with Crippen molar-refractivity contribution >= 4 is 5.91 Å². The standard InChI is InChI=1S/C18H21N3O/c1-13-3-2-4-14(9-13)10-18(22)20-7-8-21-16(12-20)11-17(19-21)15-5-6-15/h2-4,9,11,15H,5-8,10,12H2,1H3. The topological polar surface area (TPSA) is 38.1 Å². The molecular formula is C18H21N3O. The van der Waals surface area contributed by atoms with Crippen LogP contribution in [0.5, 0.6) is 0 Å². The smallest absolute Gasteiger partial charge is 0.227 e. The van der Waals surface area contributed by atoms with Crippen LogP contribution in [0, 0.1) is 6.92 Å². The molecule has 1 aliphatic heterocycles. The van der Waals surface area contributed by atoms with Crippen molar-refractivity contribution in [2.24, 2.45) is 0 Å². The second-order valence-electron chi connectivity index (χ2n) is 6.54. The number of nitrogens with zero attached hydrogens (tertiary/aromatic N) is 3. The number of hydrogen-bond acceptors (Lipinski definition) is 2. The Hall–Kier alpha value is -2.10. The van der Waals surface area contributed by atoms with E-state index in [0.29, 0.717) is 18.9 Å². The summed E-state index contributed by atoms with van der Waals surface area (Å²) in [5.41, 5.74) is 4.72. The predicted molar refractivity (Wildman–Crippen MR) is 84.5 cm³/mol. The Balaban J connectivity index is 1.45. The van der Waals surface area contributed by atoms with Gasteiger partial charge in [-0.25, -0.2) is 0 Å². The molecule has 0 saturated heterocycles. The lowest BCUT2D eigenvalue weighted by molar-refractivity contribution is -0.132. The van der Waals surface area contributed by atoms with Gasteiger partial charge in [0, 0.05) is 12.5 Å². The van der Waals surface area contributed by atoms with Gasteiger partial charge < -0.3 is 4.90 Å². The van der Waals surface area contributed by atoms with E-state index in [2.05, 4.69) is 34.9 Å². The molecule has 1 aromatic heterocycles. The van der Waals surface area contributed by atoms with Crippen molar-refractivity contribution in [1.82, 2.24) is 14.7 Å². The molecule has 0 radical (unpaired) electrons. The van der Waals surface area contributed by atoms with Crippen molar-refractivity contribution < 1.29 is 4.79 Å². The summed E-state index contributed by atoms with van der Waals surface area (Å²) in [5, 5.41) is 4.68. The molecule has 1 amide bonds. The molecule has 1 fully saturated rings. The summed E-state index contributed by atoms with van der Waals surface area (Å²) in [6, 6.07) is 10.4. The zero-order valence-electron chi connectivity index (χ0n) is 13.0. The molecule has 0 atom stereocenters. The Morgan fingerprint density at radius 2 is 2.14 bits per heavy atom. The number of hydrogen-bond donors (Lipinski definition) is 0. The van der Waals surface area contributed by atoms with Crippen molar-refractivity contribution in [2.75, 3.05) is 6.54 Å². The highest BCUT2D eigenvalue weighted by Gasteiger charge is 2.29. The molecule has 4 rings (SSSR count). The lowest BCUT2D eigenvalue weighted by Crippen LogP contribution is -2.39. The maximum atomic E-state index is 12.5. The van der Waals surface area contributed by atoms with Gasteiger partial charge in [0.05, 0.1) is 30.9 Å². The van der Waals surface area contributed by atoms with E-state index in [9.17, 15) is 4.79 Å². The minimum atomic E-state index is 0.214. The van der Waals surface area contributed by atoms with Crippen LogP contribution in [-0.4, -0.2) is 27.1 Å². The molecule has 0 unspecified atom stereocenters. The van der Waals surface area contributed by atoms with E-state index in [-0.39, 0.29) is 5.91 Å². The third kappa shape index (κ3) is 2.65. The van der Waals surface area contributed by atoms with Gasteiger partial charge in [-0.3, -0.25) is 9.48 Å². The van der Waals surface area contributed by atoms with Crippen molar-refractivity contribution in [3.63, 3.8) is 0 Å². The van der Waals surface area contributed by atoms with Gasteiger partial charge in [-0.15, -0.1) is 0 Å². The average molecular weight is 295 g/mol. The number of aromatic nitrogens is 2. The number of carbonyl (C=O) groups is 1. The highest BCUT2D eigenvalue weighted by Crippen LogP contribution is 2.39. The van der Waals surface area contributed by atoms with Gasteiger partial charge in [0.2, 0.25) is 5.91 Å². The largest absolute Gasteiger partial charge is 0.335 e. The van der Waals surface area contributed by atoms with Crippen molar-refractivity contribution in [1.29, 1.82) is 0 Å². The van der Waals surface area contributed by atoms with Crippen LogP contribution in [0.4, 0.5) is 0 Å². The van der Waals surface area contributed by atoms with Crippen LogP contribution in [0.25, 0.3) is 0 Å². The van der Waals surface area contributed by atoms with E-state index in [0.717, 1.165) is 18.7 Å². The fraction of sp³-hybridized carbons (Fsp3) is 0.444. The summed E-state index contributed by atoms with van der Waals surface area (Å²) in [6.07, 6.45) is 3.03. The highest BCUT2D eigenvalue weighted by molar-refractivity contribution is 5.78. The molecule has 0 N–H and O–H groups in total. The lowest BCUT2D eigenvalue weighted by Gasteiger charge is -2.27. The van der Waals surface area contributed by atoms with Gasteiger partial charge in [0.25, 0.3) is 0 Å². The molecule has 1 aromatic carbocycles.